The number of pyridine rings is 1. The minimum absolute atomic E-state index is 0.364. The maximum absolute atomic E-state index is 5.53. The third-order valence-corrected chi connectivity index (χ3v) is 3.05. The smallest absolute Gasteiger partial charge is 0.130 e. The van der Waals surface area contributed by atoms with Crippen molar-refractivity contribution < 1.29 is 0 Å². The fourth-order valence-electron chi connectivity index (χ4n) is 1.80. The molecule has 0 saturated heterocycles. The van der Waals surface area contributed by atoms with E-state index in [2.05, 4.69) is 41.5 Å². The van der Waals surface area contributed by atoms with Gasteiger partial charge in [0.05, 0.1) is 0 Å². The number of hydrogen-bond acceptors (Lipinski definition) is 3. The van der Waals surface area contributed by atoms with Crippen molar-refractivity contribution in [3.8, 4) is 0 Å². The van der Waals surface area contributed by atoms with E-state index in [1.54, 1.807) is 6.20 Å². The Labute approximate surface area is 118 Å². The maximum Gasteiger partial charge on any atom is 0.130 e. The monoisotopic (exact) mass is 271 g/mol. The first-order valence-electron chi connectivity index (χ1n) is 6.31. The van der Waals surface area contributed by atoms with Gasteiger partial charge in [0, 0.05) is 17.4 Å². The Morgan fingerprint density at radius 2 is 1.95 bits per heavy atom. The van der Waals surface area contributed by atoms with Crippen LogP contribution >= 0.6 is 12.2 Å². The van der Waals surface area contributed by atoms with E-state index < -0.39 is 0 Å². The van der Waals surface area contributed by atoms with E-state index in [0.717, 1.165) is 29.9 Å². The zero-order chi connectivity index (χ0) is 13.7. The quantitative estimate of drug-likeness (QED) is 0.818. The van der Waals surface area contributed by atoms with Crippen LogP contribution in [0.15, 0.2) is 42.6 Å². The number of nitrogens with two attached hydrogens (primary N) is 1. The molecular weight excluding hydrogens is 254 g/mol. The van der Waals surface area contributed by atoms with E-state index in [-0.39, 0.29) is 0 Å². The molecule has 3 nitrogen and oxygen atoms in total. The first-order chi connectivity index (χ1) is 9.19. The summed E-state index contributed by atoms with van der Waals surface area (Å²) in [6.45, 7) is 2.18. The lowest BCUT2D eigenvalue weighted by Gasteiger charge is -2.07. The van der Waals surface area contributed by atoms with Crippen molar-refractivity contribution in [1.82, 2.24) is 4.98 Å². The highest BCUT2D eigenvalue weighted by Crippen LogP contribution is 2.16. The molecule has 0 aliphatic rings. The van der Waals surface area contributed by atoms with Gasteiger partial charge >= 0.3 is 0 Å². The van der Waals surface area contributed by atoms with Crippen molar-refractivity contribution in [2.24, 2.45) is 5.73 Å². The summed E-state index contributed by atoms with van der Waals surface area (Å²) in [6, 6.07) is 12.1. The predicted octanol–water partition coefficient (Wildman–Crippen LogP) is 3.41. The summed E-state index contributed by atoms with van der Waals surface area (Å²) in [5.41, 5.74) is 8.68. The van der Waals surface area contributed by atoms with E-state index in [9.17, 15) is 0 Å². The zero-order valence-corrected chi connectivity index (χ0v) is 11.7. The SMILES string of the molecule is CCCc1ccc(Nc2ccc(C(N)=S)cn2)cc1. The molecule has 0 aliphatic carbocycles. The fraction of sp³-hybridized carbons (Fsp3) is 0.200. The van der Waals surface area contributed by atoms with Crippen LogP contribution in [0.4, 0.5) is 11.5 Å². The van der Waals surface area contributed by atoms with Crippen LogP contribution < -0.4 is 11.1 Å². The Bertz CT molecular complexity index is 547. The second-order valence-electron chi connectivity index (χ2n) is 4.37. The Morgan fingerprint density at radius 3 is 2.47 bits per heavy atom. The number of anilines is 2. The molecule has 0 fully saturated rings. The minimum Gasteiger partial charge on any atom is -0.389 e. The summed E-state index contributed by atoms with van der Waals surface area (Å²) < 4.78 is 0. The molecule has 0 atom stereocenters. The van der Waals surface area contributed by atoms with E-state index >= 15 is 0 Å². The highest BCUT2D eigenvalue weighted by Gasteiger charge is 1.99. The van der Waals surface area contributed by atoms with E-state index in [1.165, 1.54) is 5.56 Å². The van der Waals surface area contributed by atoms with Crippen LogP contribution in [-0.2, 0) is 6.42 Å². The lowest BCUT2D eigenvalue weighted by Crippen LogP contribution is -2.09. The number of nitrogens with one attached hydrogen (secondary N) is 1. The molecule has 0 saturated carbocycles. The molecule has 0 radical (unpaired) electrons. The molecule has 0 spiro atoms. The third kappa shape index (κ3) is 3.76. The van der Waals surface area contributed by atoms with E-state index in [1.807, 2.05) is 12.1 Å². The predicted molar refractivity (Wildman–Crippen MR) is 83.8 cm³/mol. The van der Waals surface area contributed by atoms with Gasteiger partial charge in [-0.2, -0.15) is 0 Å². The lowest BCUT2D eigenvalue weighted by molar-refractivity contribution is 0.922. The average molecular weight is 271 g/mol. The molecule has 2 rings (SSSR count). The highest BCUT2D eigenvalue weighted by atomic mass is 32.1. The summed E-state index contributed by atoms with van der Waals surface area (Å²) in [5, 5.41) is 3.24. The van der Waals surface area contributed by atoms with Crippen molar-refractivity contribution in [3.05, 3.63) is 53.7 Å². The van der Waals surface area contributed by atoms with Gasteiger partial charge < -0.3 is 11.1 Å². The van der Waals surface area contributed by atoms with Crippen molar-refractivity contribution >= 4 is 28.7 Å². The third-order valence-electron chi connectivity index (χ3n) is 2.81. The standard InChI is InChI=1S/C15H17N3S/c1-2-3-11-4-7-13(8-5-11)18-14-9-6-12(10-17-14)15(16)19/h4-10H,2-3H2,1H3,(H2,16,19)(H,17,18). The van der Waals surface area contributed by atoms with Gasteiger partial charge in [0.25, 0.3) is 0 Å². The topological polar surface area (TPSA) is 50.9 Å². The van der Waals surface area contributed by atoms with Crippen molar-refractivity contribution in [2.45, 2.75) is 19.8 Å². The number of aryl methyl sites for hydroxylation is 1. The van der Waals surface area contributed by atoms with Crippen LogP contribution in [0.25, 0.3) is 0 Å². The van der Waals surface area contributed by atoms with Crippen LogP contribution in [-0.4, -0.2) is 9.97 Å². The molecule has 1 aromatic carbocycles. The van der Waals surface area contributed by atoms with Gasteiger partial charge in [0.1, 0.15) is 10.8 Å². The Kier molecular flexibility index (Phi) is 4.47. The summed E-state index contributed by atoms with van der Waals surface area (Å²) in [6.07, 6.45) is 3.95. The van der Waals surface area contributed by atoms with Crippen LogP contribution in [0.2, 0.25) is 0 Å². The summed E-state index contributed by atoms with van der Waals surface area (Å²) >= 11 is 4.89. The van der Waals surface area contributed by atoms with E-state index in [4.69, 9.17) is 18.0 Å². The summed E-state index contributed by atoms with van der Waals surface area (Å²) in [5.74, 6) is 0.781. The molecule has 3 N–H and O–H groups in total. The second-order valence-corrected chi connectivity index (χ2v) is 4.81. The second kappa shape index (κ2) is 6.29. The molecule has 4 heteroatoms. The van der Waals surface area contributed by atoms with Gasteiger partial charge in [-0.1, -0.05) is 37.7 Å². The summed E-state index contributed by atoms with van der Waals surface area (Å²) in [7, 11) is 0. The number of aromatic nitrogens is 1. The molecule has 0 amide bonds. The van der Waals surface area contributed by atoms with E-state index in [0.29, 0.717) is 4.99 Å². The molecule has 98 valence electrons. The van der Waals surface area contributed by atoms with Crippen LogP contribution in [0.1, 0.15) is 24.5 Å². The number of thiocarbonyl (C=S) groups is 1. The molecule has 0 aliphatic heterocycles. The number of rotatable bonds is 5. The normalized spacial score (nSPS) is 10.2. The van der Waals surface area contributed by atoms with Crippen LogP contribution in [0.5, 0.6) is 0 Å². The van der Waals surface area contributed by atoms with Gasteiger partial charge in [-0.05, 0) is 36.2 Å². The average Bonchev–Trinajstić information content (AvgIpc) is 2.42. The van der Waals surface area contributed by atoms with Gasteiger partial charge in [-0.25, -0.2) is 4.98 Å². The van der Waals surface area contributed by atoms with Crippen molar-refractivity contribution in [3.63, 3.8) is 0 Å². The Morgan fingerprint density at radius 1 is 1.21 bits per heavy atom. The Balaban J connectivity index is 2.06. The highest BCUT2D eigenvalue weighted by molar-refractivity contribution is 7.80. The molecule has 2 aromatic rings. The fourth-order valence-corrected chi connectivity index (χ4v) is 1.93. The van der Waals surface area contributed by atoms with Gasteiger partial charge in [-0.15, -0.1) is 0 Å². The maximum atomic E-state index is 5.53. The largest absolute Gasteiger partial charge is 0.389 e. The number of benzene rings is 1. The van der Waals surface area contributed by atoms with Crippen LogP contribution in [0, 0.1) is 0 Å². The summed E-state index contributed by atoms with van der Waals surface area (Å²) in [4.78, 5) is 4.64. The van der Waals surface area contributed by atoms with Gasteiger partial charge in [0.2, 0.25) is 0 Å². The molecule has 0 bridgehead atoms. The van der Waals surface area contributed by atoms with Crippen molar-refractivity contribution in [1.29, 1.82) is 0 Å². The van der Waals surface area contributed by atoms with Crippen molar-refractivity contribution in [2.75, 3.05) is 5.32 Å². The molecular formula is C15H17N3S. The molecule has 0 unspecified atom stereocenters. The lowest BCUT2D eigenvalue weighted by atomic mass is 10.1. The number of hydrogen-bond donors (Lipinski definition) is 2. The first kappa shape index (κ1) is 13.5. The van der Waals surface area contributed by atoms with Gasteiger partial charge in [0.15, 0.2) is 0 Å². The number of nitrogens with zero attached hydrogens (tertiary/aromatic N) is 1. The first-order valence-corrected chi connectivity index (χ1v) is 6.71. The zero-order valence-electron chi connectivity index (χ0n) is 10.9. The molecule has 19 heavy (non-hydrogen) atoms. The minimum atomic E-state index is 0.364. The Hall–Kier alpha value is -1.94. The molecule has 1 aromatic heterocycles. The molecule has 1 heterocycles. The van der Waals surface area contributed by atoms with Gasteiger partial charge in [-0.3, -0.25) is 0 Å². The van der Waals surface area contributed by atoms with Crippen LogP contribution in [0.3, 0.4) is 0 Å².